The number of unbranched alkanes of at least 4 members (excludes halogenated alkanes) is 6. The van der Waals surface area contributed by atoms with Crippen LogP contribution in [0.25, 0.3) is 33.4 Å². The van der Waals surface area contributed by atoms with Crippen molar-refractivity contribution < 1.29 is 9.47 Å². The Bertz CT molecular complexity index is 1760. The molecule has 0 bridgehead atoms. The van der Waals surface area contributed by atoms with Gasteiger partial charge in [-0.15, -0.1) is 0 Å². The van der Waals surface area contributed by atoms with Crippen molar-refractivity contribution >= 4 is 17.1 Å². The van der Waals surface area contributed by atoms with Gasteiger partial charge >= 0.3 is 0 Å². The molecule has 0 aliphatic carbocycles. The van der Waals surface area contributed by atoms with Crippen LogP contribution >= 0.6 is 0 Å². The van der Waals surface area contributed by atoms with Crippen molar-refractivity contribution in [2.45, 2.75) is 65.2 Å². The second-order valence-electron chi connectivity index (χ2n) is 13.2. The third-order valence-electron chi connectivity index (χ3n) is 9.39. The molecule has 0 unspecified atom stereocenters. The number of anilines is 3. The van der Waals surface area contributed by atoms with E-state index in [9.17, 15) is 0 Å². The third kappa shape index (κ3) is 9.92. The first-order valence-corrected chi connectivity index (χ1v) is 18.8. The van der Waals surface area contributed by atoms with Gasteiger partial charge in [-0.2, -0.15) is 0 Å². The van der Waals surface area contributed by atoms with Crippen molar-refractivity contribution in [1.29, 1.82) is 0 Å². The van der Waals surface area contributed by atoms with Gasteiger partial charge < -0.3 is 14.4 Å². The van der Waals surface area contributed by atoms with Gasteiger partial charge in [-0.1, -0.05) is 143 Å². The Morgan fingerprint density at radius 1 is 0.333 bits per heavy atom. The first kappa shape index (κ1) is 35.5. The normalized spacial score (nSPS) is 10.9. The fraction of sp³-hybridized carbons (Fsp3) is 0.250. The molecule has 0 radical (unpaired) electrons. The largest absolute Gasteiger partial charge is 0.494 e. The molecule has 0 spiro atoms. The molecular weight excluding hydrogens is 623 g/mol. The van der Waals surface area contributed by atoms with Crippen molar-refractivity contribution in [3.63, 3.8) is 0 Å². The monoisotopic (exact) mass is 673 g/mol. The van der Waals surface area contributed by atoms with Crippen molar-refractivity contribution in [2.24, 2.45) is 0 Å². The quantitative estimate of drug-likeness (QED) is 0.0848. The maximum absolute atomic E-state index is 5.98. The van der Waals surface area contributed by atoms with E-state index in [0.717, 1.165) is 54.6 Å². The van der Waals surface area contributed by atoms with Gasteiger partial charge in [0.1, 0.15) is 11.5 Å². The summed E-state index contributed by atoms with van der Waals surface area (Å²) in [5.41, 5.74) is 10.4. The van der Waals surface area contributed by atoms with Gasteiger partial charge in [-0.05, 0) is 107 Å². The van der Waals surface area contributed by atoms with Crippen LogP contribution in [-0.4, -0.2) is 13.2 Å². The van der Waals surface area contributed by atoms with Gasteiger partial charge in [-0.25, -0.2) is 0 Å². The lowest BCUT2D eigenvalue weighted by molar-refractivity contribution is 0.305. The molecule has 51 heavy (non-hydrogen) atoms. The van der Waals surface area contributed by atoms with Gasteiger partial charge in [-0.3, -0.25) is 0 Å². The second-order valence-corrected chi connectivity index (χ2v) is 13.2. The molecule has 3 nitrogen and oxygen atoms in total. The van der Waals surface area contributed by atoms with Gasteiger partial charge in [0.2, 0.25) is 0 Å². The first-order chi connectivity index (χ1) is 25.2. The topological polar surface area (TPSA) is 21.7 Å². The van der Waals surface area contributed by atoms with E-state index in [1.165, 1.54) is 71.9 Å². The van der Waals surface area contributed by atoms with E-state index >= 15 is 0 Å². The van der Waals surface area contributed by atoms with Crippen LogP contribution in [0.2, 0.25) is 0 Å². The van der Waals surface area contributed by atoms with Crippen LogP contribution in [0.1, 0.15) is 65.2 Å². The van der Waals surface area contributed by atoms with E-state index in [-0.39, 0.29) is 0 Å². The van der Waals surface area contributed by atoms with E-state index in [4.69, 9.17) is 9.47 Å². The summed E-state index contributed by atoms with van der Waals surface area (Å²) >= 11 is 0. The Labute approximate surface area is 305 Å². The first-order valence-electron chi connectivity index (χ1n) is 18.8. The standard InChI is InChI=1S/C48H51NO2/c1-3-5-7-12-36-50-47-32-22-42(23-33-47)40-18-28-45(29-19-40)49(44-26-16-39(17-27-44)38-14-10-9-11-15-38)46-30-20-41(21-31-46)43-24-34-48(35-25-43)51-37-13-8-6-4-2/h9-11,14-35H,3-8,12-13,36-37H2,1-2H3. The number of rotatable bonds is 18. The van der Waals surface area contributed by atoms with E-state index in [1.807, 2.05) is 0 Å². The maximum atomic E-state index is 5.98. The summed E-state index contributed by atoms with van der Waals surface area (Å²) in [6.07, 6.45) is 9.67. The molecule has 3 heteroatoms. The lowest BCUT2D eigenvalue weighted by Crippen LogP contribution is -2.09. The molecular formula is C48H51NO2. The summed E-state index contributed by atoms with van der Waals surface area (Å²) in [6, 6.07) is 54.1. The third-order valence-corrected chi connectivity index (χ3v) is 9.39. The molecule has 0 aromatic heterocycles. The predicted octanol–water partition coefficient (Wildman–Crippen LogP) is 14.1. The van der Waals surface area contributed by atoms with E-state index in [1.54, 1.807) is 0 Å². The zero-order valence-corrected chi connectivity index (χ0v) is 30.3. The molecule has 0 N–H and O–H groups in total. The van der Waals surface area contributed by atoms with Crippen molar-refractivity contribution in [3.05, 3.63) is 152 Å². The van der Waals surface area contributed by atoms with E-state index < -0.39 is 0 Å². The van der Waals surface area contributed by atoms with Crippen molar-refractivity contribution in [3.8, 4) is 44.9 Å². The average molecular weight is 674 g/mol. The average Bonchev–Trinajstić information content (AvgIpc) is 3.19. The molecule has 0 saturated heterocycles. The Balaban J connectivity index is 1.20. The number of hydrogen-bond acceptors (Lipinski definition) is 3. The van der Waals surface area contributed by atoms with Crippen molar-refractivity contribution in [2.75, 3.05) is 18.1 Å². The van der Waals surface area contributed by atoms with Crippen LogP contribution in [-0.2, 0) is 0 Å². The molecule has 0 atom stereocenters. The summed E-state index contributed by atoms with van der Waals surface area (Å²) in [4.78, 5) is 2.33. The fourth-order valence-electron chi connectivity index (χ4n) is 6.41. The Kier molecular flexibility index (Phi) is 13.0. The SMILES string of the molecule is CCCCCCOc1ccc(-c2ccc(N(c3ccc(-c4ccccc4)cc3)c3ccc(-c4ccc(OCCCCCC)cc4)cc3)cc2)cc1. The Morgan fingerprint density at radius 3 is 0.980 bits per heavy atom. The second kappa shape index (κ2) is 18.6. The molecule has 0 saturated carbocycles. The van der Waals surface area contributed by atoms with E-state index in [2.05, 4.69) is 170 Å². The highest BCUT2D eigenvalue weighted by atomic mass is 16.5. The minimum absolute atomic E-state index is 0.775. The number of nitrogens with zero attached hydrogens (tertiary/aromatic N) is 1. The highest BCUT2D eigenvalue weighted by Crippen LogP contribution is 2.38. The van der Waals surface area contributed by atoms with Gasteiger partial charge in [0.25, 0.3) is 0 Å². The molecule has 6 aromatic carbocycles. The van der Waals surface area contributed by atoms with E-state index in [0.29, 0.717) is 0 Å². The molecule has 6 aromatic rings. The number of ether oxygens (including phenoxy) is 2. The molecule has 260 valence electrons. The predicted molar refractivity (Wildman–Crippen MR) is 217 cm³/mol. The van der Waals surface area contributed by atoms with Crippen LogP contribution in [0.5, 0.6) is 11.5 Å². The zero-order chi connectivity index (χ0) is 35.1. The summed E-state index contributed by atoms with van der Waals surface area (Å²) in [6.45, 7) is 6.02. The van der Waals surface area contributed by atoms with Crippen LogP contribution < -0.4 is 14.4 Å². The number of hydrogen-bond donors (Lipinski definition) is 0. The minimum atomic E-state index is 0.775. The maximum Gasteiger partial charge on any atom is 0.119 e. The molecule has 0 aliphatic heterocycles. The van der Waals surface area contributed by atoms with Crippen molar-refractivity contribution in [1.82, 2.24) is 0 Å². The minimum Gasteiger partial charge on any atom is -0.494 e. The van der Waals surface area contributed by atoms with Crippen LogP contribution in [0, 0.1) is 0 Å². The summed E-state index contributed by atoms with van der Waals surface area (Å²) < 4.78 is 12.0. The molecule has 0 fully saturated rings. The fourth-order valence-corrected chi connectivity index (χ4v) is 6.41. The van der Waals surface area contributed by atoms with Gasteiger partial charge in [0.15, 0.2) is 0 Å². The Morgan fingerprint density at radius 2 is 0.647 bits per heavy atom. The molecule has 0 amide bonds. The van der Waals surface area contributed by atoms with Crippen LogP contribution in [0.4, 0.5) is 17.1 Å². The highest BCUT2D eigenvalue weighted by molar-refractivity contribution is 5.81. The summed E-state index contributed by atoms with van der Waals surface area (Å²) in [7, 11) is 0. The summed E-state index contributed by atoms with van der Waals surface area (Å²) in [5, 5.41) is 0. The summed E-state index contributed by atoms with van der Waals surface area (Å²) in [5.74, 6) is 1.87. The van der Waals surface area contributed by atoms with Crippen LogP contribution in [0.3, 0.4) is 0 Å². The molecule has 0 aliphatic rings. The van der Waals surface area contributed by atoms with Gasteiger partial charge in [0, 0.05) is 17.1 Å². The lowest BCUT2D eigenvalue weighted by Gasteiger charge is -2.26. The smallest absolute Gasteiger partial charge is 0.119 e. The lowest BCUT2D eigenvalue weighted by atomic mass is 10.0. The van der Waals surface area contributed by atoms with Crippen LogP contribution in [0.15, 0.2) is 152 Å². The number of benzene rings is 6. The Hall–Kier alpha value is -5.28. The van der Waals surface area contributed by atoms with Gasteiger partial charge in [0.05, 0.1) is 13.2 Å². The molecule has 6 rings (SSSR count). The highest BCUT2D eigenvalue weighted by Gasteiger charge is 2.14. The molecule has 0 heterocycles. The zero-order valence-electron chi connectivity index (χ0n) is 30.3.